The molecule has 0 bridgehead atoms. The summed E-state index contributed by atoms with van der Waals surface area (Å²) in [5.74, 6) is -1.98. The normalized spacial score (nSPS) is 11.4. The van der Waals surface area contributed by atoms with Gasteiger partial charge in [-0.25, -0.2) is 17.2 Å². The lowest BCUT2D eigenvalue weighted by Gasteiger charge is -2.13. The Morgan fingerprint density at radius 2 is 1.67 bits per heavy atom. The van der Waals surface area contributed by atoms with Gasteiger partial charge < -0.3 is 5.73 Å². The van der Waals surface area contributed by atoms with Crippen molar-refractivity contribution in [2.24, 2.45) is 0 Å². The second-order valence-electron chi connectivity index (χ2n) is 4.68. The quantitative estimate of drug-likeness (QED) is 0.856. The number of anilines is 2. The maximum absolute atomic E-state index is 13.6. The SMILES string of the molecule is Cc1cc(N)c(C)c(S(=O)(=O)Nc2c(F)cccc2F)c1. The van der Waals surface area contributed by atoms with Crippen molar-refractivity contribution in [1.29, 1.82) is 0 Å². The number of nitrogen functional groups attached to an aromatic ring is 1. The van der Waals surface area contributed by atoms with Gasteiger partial charge in [0, 0.05) is 5.69 Å². The third-order valence-electron chi connectivity index (χ3n) is 3.03. The first-order valence-corrected chi connectivity index (χ1v) is 7.54. The van der Waals surface area contributed by atoms with E-state index < -0.39 is 27.3 Å². The molecule has 0 heterocycles. The van der Waals surface area contributed by atoms with Gasteiger partial charge in [0.1, 0.15) is 17.3 Å². The molecule has 0 atom stereocenters. The summed E-state index contributed by atoms with van der Waals surface area (Å²) in [5, 5.41) is 0. The summed E-state index contributed by atoms with van der Waals surface area (Å²) >= 11 is 0. The zero-order valence-corrected chi connectivity index (χ0v) is 12.3. The lowest BCUT2D eigenvalue weighted by atomic mass is 10.1. The molecule has 0 aliphatic rings. The highest BCUT2D eigenvalue weighted by Crippen LogP contribution is 2.27. The fraction of sp³-hybridized carbons (Fsp3) is 0.143. The Labute approximate surface area is 121 Å². The summed E-state index contributed by atoms with van der Waals surface area (Å²) in [5.41, 5.74) is 6.27. The van der Waals surface area contributed by atoms with Crippen molar-refractivity contribution >= 4 is 21.4 Å². The molecule has 4 nitrogen and oxygen atoms in total. The van der Waals surface area contributed by atoms with Crippen LogP contribution in [0.2, 0.25) is 0 Å². The molecule has 2 aromatic carbocycles. The predicted octanol–water partition coefficient (Wildman–Crippen LogP) is 2.96. The van der Waals surface area contributed by atoms with Gasteiger partial charge in [-0.2, -0.15) is 0 Å². The van der Waals surface area contributed by atoms with Gasteiger partial charge in [-0.15, -0.1) is 0 Å². The fourth-order valence-corrected chi connectivity index (χ4v) is 3.35. The Morgan fingerprint density at radius 3 is 2.24 bits per heavy atom. The van der Waals surface area contributed by atoms with Crippen LogP contribution in [0, 0.1) is 25.5 Å². The number of nitrogens with two attached hydrogens (primary N) is 1. The molecule has 0 fully saturated rings. The van der Waals surface area contributed by atoms with Crippen molar-refractivity contribution in [2.45, 2.75) is 18.7 Å². The molecule has 112 valence electrons. The van der Waals surface area contributed by atoms with Gasteiger partial charge in [0.2, 0.25) is 0 Å². The molecule has 0 amide bonds. The molecule has 0 aromatic heterocycles. The van der Waals surface area contributed by atoms with E-state index in [1.807, 2.05) is 4.72 Å². The highest BCUT2D eigenvalue weighted by atomic mass is 32.2. The molecular weight excluding hydrogens is 298 g/mol. The topological polar surface area (TPSA) is 72.2 Å². The molecule has 7 heteroatoms. The van der Waals surface area contributed by atoms with Crippen molar-refractivity contribution in [2.75, 3.05) is 10.5 Å². The Bertz CT molecular complexity index is 785. The number of nitrogens with one attached hydrogen (secondary N) is 1. The second kappa shape index (κ2) is 5.33. The molecule has 21 heavy (non-hydrogen) atoms. The van der Waals surface area contributed by atoms with Gasteiger partial charge in [0.05, 0.1) is 4.90 Å². The van der Waals surface area contributed by atoms with E-state index in [2.05, 4.69) is 0 Å². The highest BCUT2D eigenvalue weighted by molar-refractivity contribution is 7.92. The molecule has 0 aliphatic carbocycles. The number of sulfonamides is 1. The Hall–Kier alpha value is -2.15. The highest BCUT2D eigenvalue weighted by Gasteiger charge is 2.22. The van der Waals surface area contributed by atoms with E-state index in [9.17, 15) is 17.2 Å². The van der Waals surface area contributed by atoms with Crippen LogP contribution in [0.3, 0.4) is 0 Å². The second-order valence-corrected chi connectivity index (χ2v) is 6.33. The van der Waals surface area contributed by atoms with Crippen molar-refractivity contribution in [3.8, 4) is 0 Å². The largest absolute Gasteiger partial charge is 0.398 e. The van der Waals surface area contributed by atoms with Gasteiger partial charge >= 0.3 is 0 Å². The summed E-state index contributed by atoms with van der Waals surface area (Å²) in [6, 6.07) is 6.11. The minimum absolute atomic E-state index is 0.109. The van der Waals surface area contributed by atoms with Gasteiger partial charge in [0.25, 0.3) is 10.0 Å². The maximum Gasteiger partial charge on any atom is 0.262 e. The molecule has 0 unspecified atom stereocenters. The number of rotatable bonds is 3. The zero-order valence-electron chi connectivity index (χ0n) is 11.4. The number of hydrogen-bond donors (Lipinski definition) is 2. The number of halogens is 2. The predicted molar refractivity (Wildman–Crippen MR) is 77.5 cm³/mol. The van der Waals surface area contributed by atoms with Gasteiger partial charge in [0.15, 0.2) is 0 Å². The van der Waals surface area contributed by atoms with E-state index in [0.29, 0.717) is 16.8 Å². The minimum atomic E-state index is -4.14. The van der Waals surface area contributed by atoms with Crippen LogP contribution in [0.15, 0.2) is 35.2 Å². The Balaban J connectivity index is 2.54. The number of hydrogen-bond acceptors (Lipinski definition) is 3. The molecular formula is C14H14F2N2O2S. The first-order valence-electron chi connectivity index (χ1n) is 6.06. The molecule has 0 radical (unpaired) electrons. The molecule has 0 saturated heterocycles. The molecule has 2 aromatic rings. The lowest BCUT2D eigenvalue weighted by molar-refractivity contribution is 0.582. The van der Waals surface area contributed by atoms with Gasteiger partial charge in [-0.05, 0) is 49.2 Å². The summed E-state index contributed by atoms with van der Waals surface area (Å²) < 4.78 is 53.7. The summed E-state index contributed by atoms with van der Waals surface area (Å²) in [4.78, 5) is -0.109. The number of aryl methyl sites for hydroxylation is 1. The van der Waals surface area contributed by atoms with Crippen LogP contribution in [0.1, 0.15) is 11.1 Å². The minimum Gasteiger partial charge on any atom is -0.398 e. The third kappa shape index (κ3) is 2.97. The molecule has 3 N–H and O–H groups in total. The third-order valence-corrected chi connectivity index (χ3v) is 4.51. The molecule has 0 spiro atoms. The van der Waals surface area contributed by atoms with E-state index >= 15 is 0 Å². The van der Waals surface area contributed by atoms with Crippen molar-refractivity contribution < 1.29 is 17.2 Å². The van der Waals surface area contributed by atoms with Crippen LogP contribution < -0.4 is 10.5 Å². The van der Waals surface area contributed by atoms with Crippen molar-refractivity contribution in [1.82, 2.24) is 0 Å². The molecule has 0 saturated carbocycles. The van der Waals surface area contributed by atoms with Crippen LogP contribution in [-0.2, 0) is 10.0 Å². The van der Waals surface area contributed by atoms with Crippen LogP contribution in [0.25, 0.3) is 0 Å². The lowest BCUT2D eigenvalue weighted by Crippen LogP contribution is -2.17. The van der Waals surface area contributed by atoms with E-state index in [4.69, 9.17) is 5.73 Å². The summed E-state index contributed by atoms with van der Waals surface area (Å²) in [7, 11) is -4.14. The first-order chi connectivity index (χ1) is 9.72. The first kappa shape index (κ1) is 15.2. The molecule has 0 aliphatic heterocycles. The maximum atomic E-state index is 13.6. The van der Waals surface area contributed by atoms with Crippen molar-refractivity contribution in [3.05, 3.63) is 53.1 Å². The van der Waals surface area contributed by atoms with E-state index in [1.54, 1.807) is 13.0 Å². The average molecular weight is 312 g/mol. The van der Waals surface area contributed by atoms with E-state index in [1.165, 1.54) is 13.0 Å². The summed E-state index contributed by atoms with van der Waals surface area (Å²) in [6.07, 6.45) is 0. The van der Waals surface area contributed by atoms with Crippen molar-refractivity contribution in [3.63, 3.8) is 0 Å². The number of benzene rings is 2. The number of para-hydroxylation sites is 1. The Morgan fingerprint density at radius 1 is 1.10 bits per heavy atom. The van der Waals surface area contributed by atoms with Crippen LogP contribution in [-0.4, -0.2) is 8.42 Å². The van der Waals surface area contributed by atoms with Crippen LogP contribution in [0.4, 0.5) is 20.2 Å². The van der Waals surface area contributed by atoms with E-state index in [0.717, 1.165) is 18.2 Å². The van der Waals surface area contributed by atoms with Gasteiger partial charge in [-0.3, -0.25) is 4.72 Å². The average Bonchev–Trinajstić information content (AvgIpc) is 2.38. The van der Waals surface area contributed by atoms with Crippen LogP contribution >= 0.6 is 0 Å². The monoisotopic (exact) mass is 312 g/mol. The van der Waals surface area contributed by atoms with Gasteiger partial charge in [-0.1, -0.05) is 6.07 Å². The molecule has 2 rings (SSSR count). The van der Waals surface area contributed by atoms with E-state index in [-0.39, 0.29) is 4.90 Å². The summed E-state index contributed by atoms with van der Waals surface area (Å²) in [6.45, 7) is 3.21. The Kier molecular flexibility index (Phi) is 3.87. The zero-order chi connectivity index (χ0) is 15.8. The standard InChI is InChI=1S/C14H14F2N2O2S/c1-8-6-12(17)9(2)13(7-8)21(19,20)18-14-10(15)4-3-5-11(14)16/h3-7,18H,17H2,1-2H3. The van der Waals surface area contributed by atoms with Crippen LogP contribution in [0.5, 0.6) is 0 Å². The fourth-order valence-electron chi connectivity index (χ4n) is 1.92. The smallest absolute Gasteiger partial charge is 0.262 e.